The van der Waals surface area contributed by atoms with E-state index in [4.69, 9.17) is 16.2 Å². The summed E-state index contributed by atoms with van der Waals surface area (Å²) in [5, 5.41) is 4.52. The zero-order chi connectivity index (χ0) is 24.5. The van der Waals surface area contributed by atoms with Gasteiger partial charge in [0.25, 0.3) is 5.91 Å². The minimum Gasteiger partial charge on any atom is -0.444 e. The molecule has 2 amide bonds. The van der Waals surface area contributed by atoms with Crippen molar-refractivity contribution < 1.29 is 14.3 Å². The van der Waals surface area contributed by atoms with Crippen molar-refractivity contribution in [2.75, 3.05) is 11.1 Å². The van der Waals surface area contributed by atoms with Crippen LogP contribution in [0.4, 0.5) is 16.2 Å². The number of hydrogen-bond acceptors (Lipinski definition) is 4. The lowest BCUT2D eigenvalue weighted by Crippen LogP contribution is -2.13. The van der Waals surface area contributed by atoms with E-state index in [0.29, 0.717) is 22.5 Å². The summed E-state index contributed by atoms with van der Waals surface area (Å²) in [6.07, 6.45) is -0.557. The van der Waals surface area contributed by atoms with Gasteiger partial charge in [-0.25, -0.2) is 4.79 Å². The fourth-order valence-electron chi connectivity index (χ4n) is 4.34. The van der Waals surface area contributed by atoms with Gasteiger partial charge < -0.3 is 21.2 Å². The van der Waals surface area contributed by atoms with Crippen molar-refractivity contribution >= 4 is 45.2 Å². The second-order valence-electron chi connectivity index (χ2n) is 8.37. The zero-order valence-electron chi connectivity index (χ0n) is 19.1. The normalized spacial score (nSPS) is 11.0. The first kappa shape index (κ1) is 22.0. The number of fused-ring (bicyclic) bond motifs is 3. The van der Waals surface area contributed by atoms with Crippen LogP contribution in [0.2, 0.25) is 0 Å². The Morgan fingerprint density at radius 1 is 0.943 bits per heavy atom. The molecule has 1 aromatic heterocycles. The van der Waals surface area contributed by atoms with Crippen LogP contribution in [0.25, 0.3) is 32.9 Å². The predicted octanol–water partition coefficient (Wildman–Crippen LogP) is 5.73. The summed E-state index contributed by atoms with van der Waals surface area (Å²) >= 11 is 0. The maximum absolute atomic E-state index is 12.3. The Kier molecular flexibility index (Phi) is 5.58. The second-order valence-corrected chi connectivity index (χ2v) is 8.37. The van der Waals surface area contributed by atoms with Gasteiger partial charge in [0.1, 0.15) is 6.61 Å². The Balaban J connectivity index is 1.54. The summed E-state index contributed by atoms with van der Waals surface area (Å²) in [6.45, 7) is 2.14. The molecule has 6 N–H and O–H groups in total. The summed E-state index contributed by atoms with van der Waals surface area (Å²) in [5.41, 5.74) is 18.6. The Morgan fingerprint density at radius 3 is 2.51 bits per heavy atom. The molecule has 0 spiro atoms. The summed E-state index contributed by atoms with van der Waals surface area (Å²) in [6, 6.07) is 24.3. The minimum atomic E-state index is -0.557. The molecule has 0 aliphatic heterocycles. The maximum atomic E-state index is 12.3. The Labute approximate surface area is 201 Å². The van der Waals surface area contributed by atoms with E-state index in [1.165, 1.54) is 0 Å². The van der Waals surface area contributed by atoms with Crippen LogP contribution in [0.1, 0.15) is 21.5 Å². The summed E-state index contributed by atoms with van der Waals surface area (Å²) < 4.78 is 5.32. The van der Waals surface area contributed by atoms with Crippen molar-refractivity contribution in [3.05, 3.63) is 95.6 Å². The smallest absolute Gasteiger partial charge is 0.411 e. The predicted molar refractivity (Wildman–Crippen MR) is 139 cm³/mol. The number of rotatable bonds is 5. The summed E-state index contributed by atoms with van der Waals surface area (Å²) in [7, 11) is 0. The van der Waals surface area contributed by atoms with Gasteiger partial charge in [0.15, 0.2) is 0 Å². The molecule has 0 fully saturated rings. The first-order chi connectivity index (χ1) is 16.9. The molecular formula is C28H24N4O3. The van der Waals surface area contributed by atoms with E-state index in [0.717, 1.165) is 38.5 Å². The van der Waals surface area contributed by atoms with Gasteiger partial charge in [-0.15, -0.1) is 0 Å². The van der Waals surface area contributed by atoms with E-state index in [-0.39, 0.29) is 6.61 Å². The van der Waals surface area contributed by atoms with Crippen LogP contribution in [0.3, 0.4) is 0 Å². The van der Waals surface area contributed by atoms with Crippen LogP contribution < -0.4 is 16.8 Å². The highest BCUT2D eigenvalue weighted by Gasteiger charge is 2.18. The molecule has 0 unspecified atom stereocenters. The van der Waals surface area contributed by atoms with Crippen LogP contribution in [0.5, 0.6) is 0 Å². The fraction of sp³-hybridized carbons (Fsp3) is 0.0714. The third-order valence-corrected chi connectivity index (χ3v) is 6.14. The molecule has 35 heavy (non-hydrogen) atoms. The highest BCUT2D eigenvalue weighted by molar-refractivity contribution is 6.20. The molecule has 7 heteroatoms. The lowest BCUT2D eigenvalue weighted by molar-refractivity contribution is 0.100. The number of carbonyl (C=O) groups excluding carboxylic acids is 2. The number of hydrogen-bond donors (Lipinski definition) is 4. The SMILES string of the molecule is Cc1c(N)cccc1-c1ccc(C(N)=O)c2[nH]c3cc(NC(=O)OCc4ccccc4)ccc3c12. The van der Waals surface area contributed by atoms with Gasteiger partial charge in [0.2, 0.25) is 0 Å². The van der Waals surface area contributed by atoms with E-state index in [1.54, 1.807) is 18.2 Å². The molecule has 0 aliphatic carbocycles. The molecule has 5 rings (SSSR count). The molecule has 0 saturated heterocycles. The van der Waals surface area contributed by atoms with Crippen LogP contribution in [0, 0.1) is 6.92 Å². The summed E-state index contributed by atoms with van der Waals surface area (Å²) in [5.74, 6) is -0.528. The average molecular weight is 465 g/mol. The Hall–Kier alpha value is -4.78. The lowest BCUT2D eigenvalue weighted by atomic mass is 9.93. The van der Waals surface area contributed by atoms with E-state index >= 15 is 0 Å². The van der Waals surface area contributed by atoms with E-state index < -0.39 is 12.0 Å². The molecule has 7 nitrogen and oxygen atoms in total. The van der Waals surface area contributed by atoms with Gasteiger partial charge in [0, 0.05) is 27.7 Å². The molecule has 5 aromatic rings. The number of nitrogens with one attached hydrogen (secondary N) is 2. The van der Waals surface area contributed by atoms with Crippen molar-refractivity contribution in [1.82, 2.24) is 4.98 Å². The minimum absolute atomic E-state index is 0.173. The maximum Gasteiger partial charge on any atom is 0.411 e. The highest BCUT2D eigenvalue weighted by Crippen LogP contribution is 2.39. The molecule has 4 aromatic carbocycles. The Bertz CT molecular complexity index is 1590. The van der Waals surface area contributed by atoms with Gasteiger partial charge in [-0.3, -0.25) is 10.1 Å². The van der Waals surface area contributed by atoms with Crippen LogP contribution in [-0.2, 0) is 11.3 Å². The monoisotopic (exact) mass is 464 g/mol. The van der Waals surface area contributed by atoms with Gasteiger partial charge in [0.05, 0.1) is 11.1 Å². The first-order valence-corrected chi connectivity index (χ1v) is 11.1. The van der Waals surface area contributed by atoms with E-state index in [9.17, 15) is 9.59 Å². The van der Waals surface area contributed by atoms with Crippen molar-refractivity contribution in [2.24, 2.45) is 5.73 Å². The molecule has 0 bridgehead atoms. The highest BCUT2D eigenvalue weighted by atomic mass is 16.5. The van der Waals surface area contributed by atoms with Crippen molar-refractivity contribution in [3.8, 4) is 11.1 Å². The molecular weight excluding hydrogens is 440 g/mol. The number of primary amides is 1. The number of nitrogens with two attached hydrogens (primary N) is 2. The van der Waals surface area contributed by atoms with Crippen LogP contribution in [0.15, 0.2) is 78.9 Å². The fourth-order valence-corrected chi connectivity index (χ4v) is 4.34. The molecule has 0 aliphatic rings. The van der Waals surface area contributed by atoms with E-state index in [1.807, 2.05) is 67.6 Å². The number of amides is 2. The number of nitrogen functional groups attached to an aromatic ring is 1. The number of ether oxygens (including phenoxy) is 1. The van der Waals surface area contributed by atoms with Crippen molar-refractivity contribution in [1.29, 1.82) is 0 Å². The topological polar surface area (TPSA) is 123 Å². The lowest BCUT2D eigenvalue weighted by Gasteiger charge is -2.12. The van der Waals surface area contributed by atoms with Crippen molar-refractivity contribution in [3.63, 3.8) is 0 Å². The first-order valence-electron chi connectivity index (χ1n) is 11.1. The average Bonchev–Trinajstić information content (AvgIpc) is 3.23. The number of carbonyl (C=O) groups is 2. The van der Waals surface area contributed by atoms with Gasteiger partial charge >= 0.3 is 6.09 Å². The van der Waals surface area contributed by atoms with Crippen LogP contribution >= 0.6 is 0 Å². The Morgan fingerprint density at radius 2 is 1.74 bits per heavy atom. The third kappa shape index (κ3) is 4.15. The second kappa shape index (κ2) is 8.87. The summed E-state index contributed by atoms with van der Waals surface area (Å²) in [4.78, 5) is 27.8. The van der Waals surface area contributed by atoms with E-state index in [2.05, 4.69) is 10.3 Å². The van der Waals surface area contributed by atoms with Crippen LogP contribution in [-0.4, -0.2) is 17.0 Å². The standard InChI is InChI=1S/C28H24N4O3/c1-16-19(8-5-9-23(16)29)20-12-13-22(27(30)33)26-25(20)21-11-10-18(14-24(21)32-26)31-28(34)35-15-17-6-3-2-4-7-17/h2-14,32H,15,29H2,1H3,(H2,30,33)(H,31,34). The van der Waals surface area contributed by atoms with Crippen molar-refractivity contribution in [2.45, 2.75) is 13.5 Å². The molecule has 0 atom stereocenters. The molecule has 0 saturated carbocycles. The largest absolute Gasteiger partial charge is 0.444 e. The third-order valence-electron chi connectivity index (χ3n) is 6.14. The quantitative estimate of drug-likeness (QED) is 0.248. The number of anilines is 2. The molecule has 1 heterocycles. The zero-order valence-corrected chi connectivity index (χ0v) is 19.1. The van der Waals surface area contributed by atoms with Gasteiger partial charge in [-0.05, 0) is 53.4 Å². The molecule has 174 valence electrons. The number of benzene rings is 4. The molecule has 0 radical (unpaired) electrons. The van der Waals surface area contributed by atoms with Gasteiger partial charge in [-0.1, -0.05) is 54.6 Å². The number of aromatic amines is 1. The number of aromatic nitrogens is 1. The number of H-pyrrole nitrogens is 1. The van der Waals surface area contributed by atoms with Gasteiger partial charge in [-0.2, -0.15) is 0 Å².